The molecule has 3 amide bonds. The minimum Gasteiger partial charge on any atom is -0.445 e. The Bertz CT molecular complexity index is 809. The third-order valence-corrected chi connectivity index (χ3v) is 4.36. The Morgan fingerprint density at radius 3 is 2.00 bits per heavy atom. The van der Waals surface area contributed by atoms with Gasteiger partial charge in [0.05, 0.1) is 0 Å². The first-order valence-electron chi connectivity index (χ1n) is 9.46. The van der Waals surface area contributed by atoms with Crippen molar-refractivity contribution in [2.45, 2.75) is 32.5 Å². The summed E-state index contributed by atoms with van der Waals surface area (Å²) in [5.74, 6) is -1.02. The lowest BCUT2D eigenvalue weighted by Crippen LogP contribution is -2.52. The van der Waals surface area contributed by atoms with Gasteiger partial charge in [0.15, 0.2) is 0 Å². The van der Waals surface area contributed by atoms with Gasteiger partial charge in [-0.05, 0) is 17.0 Å². The number of carbonyl (C=O) groups excluding carboxylic acids is 3. The maximum Gasteiger partial charge on any atom is 0.408 e. The third kappa shape index (κ3) is 6.64. The second-order valence-corrected chi connectivity index (χ2v) is 6.89. The van der Waals surface area contributed by atoms with Crippen LogP contribution in [0.5, 0.6) is 0 Å². The van der Waals surface area contributed by atoms with Crippen LogP contribution in [0.3, 0.4) is 0 Å². The van der Waals surface area contributed by atoms with E-state index >= 15 is 0 Å². The lowest BCUT2D eigenvalue weighted by Gasteiger charge is -2.25. The molecule has 0 aliphatic heterocycles. The zero-order valence-corrected chi connectivity index (χ0v) is 16.8. The maximum absolute atomic E-state index is 12.8. The van der Waals surface area contributed by atoms with E-state index in [1.807, 2.05) is 36.4 Å². The molecular formula is C22H27N3O4. The number of nitrogens with one attached hydrogen (secondary N) is 3. The van der Waals surface area contributed by atoms with Crippen LogP contribution in [0, 0.1) is 5.92 Å². The predicted octanol–water partition coefficient (Wildman–Crippen LogP) is 2.54. The number of likely N-dealkylation sites (N-methyl/N-ethyl adjacent to an activating group) is 1. The highest BCUT2D eigenvalue weighted by molar-refractivity contribution is 5.92. The van der Waals surface area contributed by atoms with Gasteiger partial charge in [-0.15, -0.1) is 0 Å². The molecule has 0 saturated carbocycles. The van der Waals surface area contributed by atoms with Gasteiger partial charge in [0.1, 0.15) is 18.7 Å². The molecule has 29 heavy (non-hydrogen) atoms. The van der Waals surface area contributed by atoms with Crippen molar-refractivity contribution in [3.63, 3.8) is 0 Å². The van der Waals surface area contributed by atoms with Crippen LogP contribution in [0.15, 0.2) is 60.7 Å². The van der Waals surface area contributed by atoms with Crippen molar-refractivity contribution < 1.29 is 19.1 Å². The Morgan fingerprint density at radius 2 is 1.45 bits per heavy atom. The van der Waals surface area contributed by atoms with Crippen molar-refractivity contribution in [1.29, 1.82) is 0 Å². The molecule has 7 nitrogen and oxygen atoms in total. The van der Waals surface area contributed by atoms with Gasteiger partial charge >= 0.3 is 6.09 Å². The molecule has 0 fully saturated rings. The van der Waals surface area contributed by atoms with E-state index in [1.165, 1.54) is 7.05 Å². The van der Waals surface area contributed by atoms with Crippen molar-refractivity contribution in [2.75, 3.05) is 7.05 Å². The molecule has 0 aliphatic rings. The number of alkyl carbamates (subject to hydrolysis) is 1. The van der Waals surface area contributed by atoms with E-state index in [9.17, 15) is 14.4 Å². The van der Waals surface area contributed by atoms with Crippen LogP contribution in [0.1, 0.15) is 31.0 Å². The number of ether oxygens (including phenoxy) is 1. The summed E-state index contributed by atoms with van der Waals surface area (Å²) in [6.07, 6.45) is -0.695. The van der Waals surface area contributed by atoms with Crippen molar-refractivity contribution in [1.82, 2.24) is 16.0 Å². The molecule has 0 saturated heterocycles. The molecule has 2 rings (SSSR count). The number of hydrogen-bond acceptors (Lipinski definition) is 4. The largest absolute Gasteiger partial charge is 0.445 e. The lowest BCUT2D eigenvalue weighted by molar-refractivity contribution is -0.130. The van der Waals surface area contributed by atoms with Gasteiger partial charge in [-0.3, -0.25) is 9.59 Å². The van der Waals surface area contributed by atoms with Crippen molar-refractivity contribution in [3.05, 3.63) is 71.8 Å². The summed E-state index contributed by atoms with van der Waals surface area (Å²) >= 11 is 0. The van der Waals surface area contributed by atoms with Crippen LogP contribution in [-0.2, 0) is 20.9 Å². The molecule has 0 unspecified atom stereocenters. The van der Waals surface area contributed by atoms with Crippen LogP contribution in [-0.4, -0.2) is 31.0 Å². The van der Waals surface area contributed by atoms with Gasteiger partial charge in [-0.1, -0.05) is 74.5 Å². The minimum absolute atomic E-state index is 0.101. The Labute approximate surface area is 170 Å². The van der Waals surface area contributed by atoms with Crippen molar-refractivity contribution in [2.24, 2.45) is 5.92 Å². The zero-order valence-electron chi connectivity index (χ0n) is 16.8. The molecule has 0 radical (unpaired) electrons. The molecule has 7 heteroatoms. The quantitative estimate of drug-likeness (QED) is 0.638. The summed E-state index contributed by atoms with van der Waals surface area (Å²) in [6, 6.07) is 16.5. The fourth-order valence-electron chi connectivity index (χ4n) is 2.75. The number of benzene rings is 2. The Hall–Kier alpha value is -3.35. The highest BCUT2D eigenvalue weighted by Crippen LogP contribution is 2.14. The normalized spacial score (nSPS) is 12.6. The van der Waals surface area contributed by atoms with Crippen LogP contribution in [0.2, 0.25) is 0 Å². The fourth-order valence-corrected chi connectivity index (χ4v) is 2.75. The molecule has 2 aromatic rings. The molecule has 3 N–H and O–H groups in total. The summed E-state index contributed by atoms with van der Waals surface area (Å²) in [5, 5.41) is 7.87. The highest BCUT2D eigenvalue weighted by atomic mass is 16.5. The Morgan fingerprint density at radius 1 is 0.862 bits per heavy atom. The Kier molecular flexibility index (Phi) is 8.21. The summed E-state index contributed by atoms with van der Waals surface area (Å²) in [5.41, 5.74) is 1.49. The zero-order chi connectivity index (χ0) is 21.2. The van der Waals surface area contributed by atoms with Crippen LogP contribution >= 0.6 is 0 Å². The fraction of sp³-hybridized carbons (Fsp3) is 0.318. The molecule has 154 valence electrons. The molecule has 2 aromatic carbocycles. The number of carbonyl (C=O) groups is 3. The summed E-state index contributed by atoms with van der Waals surface area (Å²) in [4.78, 5) is 37.3. The smallest absolute Gasteiger partial charge is 0.408 e. The number of hydrogen-bond donors (Lipinski definition) is 3. The van der Waals surface area contributed by atoms with Crippen LogP contribution in [0.25, 0.3) is 0 Å². The van der Waals surface area contributed by atoms with E-state index in [0.717, 1.165) is 5.56 Å². The lowest BCUT2D eigenvalue weighted by atomic mass is 10.0. The van der Waals surface area contributed by atoms with Crippen molar-refractivity contribution in [3.8, 4) is 0 Å². The van der Waals surface area contributed by atoms with Gasteiger partial charge in [0.25, 0.3) is 0 Å². The molecule has 0 aliphatic carbocycles. The average molecular weight is 397 g/mol. The molecule has 2 atom stereocenters. The molecule has 0 bridgehead atoms. The highest BCUT2D eigenvalue weighted by Gasteiger charge is 2.29. The predicted molar refractivity (Wildman–Crippen MR) is 110 cm³/mol. The Balaban J connectivity index is 2.03. The van der Waals surface area contributed by atoms with Crippen molar-refractivity contribution >= 4 is 17.9 Å². The van der Waals surface area contributed by atoms with Crippen LogP contribution < -0.4 is 16.0 Å². The van der Waals surface area contributed by atoms with Gasteiger partial charge in [-0.25, -0.2) is 4.79 Å². The molecule has 0 spiro atoms. The SMILES string of the molecule is CNC(=O)[C@H](NC(=O)[C@@H](NC(=O)OCc1ccccc1)C(C)C)c1ccccc1. The number of rotatable bonds is 8. The molecule has 0 aromatic heterocycles. The molecular weight excluding hydrogens is 370 g/mol. The van der Waals surface area contributed by atoms with E-state index in [2.05, 4.69) is 16.0 Å². The third-order valence-electron chi connectivity index (χ3n) is 4.36. The van der Waals surface area contributed by atoms with Gasteiger partial charge in [-0.2, -0.15) is 0 Å². The average Bonchev–Trinajstić information content (AvgIpc) is 2.74. The second-order valence-electron chi connectivity index (χ2n) is 6.89. The first kappa shape index (κ1) is 21.9. The monoisotopic (exact) mass is 397 g/mol. The summed E-state index contributed by atoms with van der Waals surface area (Å²) in [7, 11) is 1.50. The number of amides is 3. The van der Waals surface area contributed by atoms with Crippen LogP contribution in [0.4, 0.5) is 4.79 Å². The first-order valence-corrected chi connectivity index (χ1v) is 9.46. The molecule has 0 heterocycles. The summed E-state index contributed by atoms with van der Waals surface area (Å²) < 4.78 is 5.21. The van der Waals surface area contributed by atoms with Gasteiger partial charge < -0.3 is 20.7 Å². The maximum atomic E-state index is 12.8. The van der Waals surface area contributed by atoms with E-state index < -0.39 is 24.1 Å². The second kappa shape index (κ2) is 10.8. The van der Waals surface area contributed by atoms with E-state index in [1.54, 1.807) is 38.1 Å². The van der Waals surface area contributed by atoms with E-state index in [-0.39, 0.29) is 18.4 Å². The topological polar surface area (TPSA) is 96.5 Å². The van der Waals surface area contributed by atoms with Gasteiger partial charge in [0.2, 0.25) is 11.8 Å². The standard InChI is InChI=1S/C22H27N3O4/c1-15(2)18(25-22(28)29-14-16-10-6-4-7-11-16)21(27)24-19(20(26)23-3)17-12-8-5-9-13-17/h4-13,15,18-19H,14H2,1-3H3,(H,23,26)(H,24,27)(H,25,28)/t18-,19+/m0/s1. The van der Waals surface area contributed by atoms with E-state index in [4.69, 9.17) is 4.74 Å². The first-order chi connectivity index (χ1) is 13.9. The van der Waals surface area contributed by atoms with E-state index in [0.29, 0.717) is 5.56 Å². The summed E-state index contributed by atoms with van der Waals surface area (Å²) in [6.45, 7) is 3.71. The van der Waals surface area contributed by atoms with Gasteiger partial charge in [0, 0.05) is 7.05 Å². The minimum atomic E-state index is -0.864.